The lowest BCUT2D eigenvalue weighted by Crippen LogP contribution is -2.02. The van der Waals surface area contributed by atoms with Crippen LogP contribution in [0.25, 0.3) is 102 Å². The molecule has 0 bridgehead atoms. The maximum absolute atomic E-state index is 5.15. The van der Waals surface area contributed by atoms with E-state index in [0.717, 1.165) is 78.1 Å². The normalized spacial score (nSPS) is 11.1. The topological polar surface area (TPSA) is 90.2 Å². The number of nitrogens with zero attached hydrogens (tertiary/aromatic N) is 7. The molecule has 0 unspecified atom stereocenters. The number of hydrogen-bond donors (Lipinski definition) is 0. The van der Waals surface area contributed by atoms with Crippen LogP contribution >= 0.6 is 0 Å². The summed E-state index contributed by atoms with van der Waals surface area (Å²) in [5.74, 6) is 3.63. The van der Waals surface area contributed by atoms with Gasteiger partial charge in [-0.25, -0.2) is 29.9 Å². The van der Waals surface area contributed by atoms with E-state index in [0.29, 0.717) is 34.9 Å². The van der Waals surface area contributed by atoms with Gasteiger partial charge in [-0.15, -0.1) is 0 Å². The highest BCUT2D eigenvalue weighted by molar-refractivity contribution is 5.98. The molecule has 0 radical (unpaired) electrons. The summed E-state index contributed by atoms with van der Waals surface area (Å²) in [5.41, 5.74) is 13.5. The van der Waals surface area contributed by atoms with E-state index in [1.165, 1.54) is 0 Å². The molecule has 0 aliphatic heterocycles. The zero-order valence-corrected chi connectivity index (χ0v) is 34.2. The number of benzene rings is 7. The average Bonchev–Trinajstić information content (AvgIpc) is 3.35. The number of aromatic nitrogens is 7. The molecule has 0 amide bonds. The molecule has 0 fully saturated rings. The summed E-state index contributed by atoms with van der Waals surface area (Å²) in [6.45, 7) is 4.11. The van der Waals surface area contributed by atoms with Crippen molar-refractivity contribution in [2.75, 3.05) is 0 Å². The predicted molar refractivity (Wildman–Crippen MR) is 249 cm³/mol. The zero-order chi connectivity index (χ0) is 41.8. The summed E-state index contributed by atoms with van der Waals surface area (Å²) in [4.78, 5) is 35.3. The van der Waals surface area contributed by atoms with Crippen LogP contribution in [0.4, 0.5) is 0 Å². The minimum Gasteiger partial charge on any atom is -0.258 e. The lowest BCUT2D eigenvalue weighted by atomic mass is 9.85. The van der Waals surface area contributed by atoms with E-state index in [4.69, 9.17) is 34.9 Å². The van der Waals surface area contributed by atoms with E-state index in [-0.39, 0.29) is 0 Å². The molecular weight excluding hydrogens is 759 g/mol. The van der Waals surface area contributed by atoms with Crippen LogP contribution in [0, 0.1) is 13.8 Å². The third kappa shape index (κ3) is 7.67. The fraction of sp³-hybridized carbons (Fsp3) is 0.0364. The molecule has 3 heterocycles. The Morgan fingerprint density at radius 3 is 1.11 bits per heavy atom. The van der Waals surface area contributed by atoms with Crippen molar-refractivity contribution in [3.05, 3.63) is 212 Å². The first-order chi connectivity index (χ1) is 30.6. The van der Waals surface area contributed by atoms with Gasteiger partial charge in [0, 0.05) is 50.3 Å². The van der Waals surface area contributed by atoms with Gasteiger partial charge in [0.1, 0.15) is 0 Å². The van der Waals surface area contributed by atoms with Crippen LogP contribution in [-0.4, -0.2) is 34.9 Å². The molecule has 7 nitrogen and oxygen atoms in total. The lowest BCUT2D eigenvalue weighted by Gasteiger charge is -2.20. The van der Waals surface area contributed by atoms with E-state index >= 15 is 0 Å². The van der Waals surface area contributed by atoms with Crippen molar-refractivity contribution in [1.82, 2.24) is 34.9 Å². The molecule has 3 aromatic heterocycles. The van der Waals surface area contributed by atoms with Crippen LogP contribution < -0.4 is 0 Å². The SMILES string of the molecule is Cc1ccc(-c2c(-c3cccc(-c4nc(-c5ccccc5)nc(-c5ccccc5)n4)c3)cccc2-c2ccccc2-c2nc(-c3ccccc3)nc(-c3ccccc3)n2)c(C)n1. The first kappa shape index (κ1) is 37.9. The van der Waals surface area contributed by atoms with E-state index in [2.05, 4.69) is 79.7 Å². The van der Waals surface area contributed by atoms with Crippen molar-refractivity contribution in [3.8, 4) is 102 Å². The molecule has 0 aliphatic rings. The summed E-state index contributed by atoms with van der Waals surface area (Å²) in [6, 6.07) is 67.8. The third-order valence-electron chi connectivity index (χ3n) is 10.8. The summed E-state index contributed by atoms with van der Waals surface area (Å²) < 4.78 is 0. The Morgan fingerprint density at radius 1 is 0.242 bits per heavy atom. The Kier molecular flexibility index (Phi) is 10.3. The first-order valence-electron chi connectivity index (χ1n) is 20.6. The molecule has 0 spiro atoms. The van der Waals surface area contributed by atoms with Gasteiger partial charge in [0.25, 0.3) is 0 Å². The van der Waals surface area contributed by atoms with Crippen LogP contribution in [0.2, 0.25) is 0 Å². The second kappa shape index (κ2) is 16.8. The maximum Gasteiger partial charge on any atom is 0.164 e. The number of hydrogen-bond acceptors (Lipinski definition) is 7. The standard InChI is InChI=1S/C55H39N7/c1-36-33-34-44(37(2)56-36)49-45(42-27-17-28-43(35-42)54-59-50(38-19-7-3-8-20-38)57-51(60-54)39-21-9-4-10-22-39)31-18-32-47(49)46-29-15-16-30-48(46)55-61-52(40-23-11-5-12-24-40)58-53(62-55)41-25-13-6-14-26-41/h3-35H,1-2H3. The number of rotatable bonds is 9. The summed E-state index contributed by atoms with van der Waals surface area (Å²) in [6.07, 6.45) is 0. The number of aryl methyl sites for hydroxylation is 2. The molecule has 0 saturated heterocycles. The summed E-state index contributed by atoms with van der Waals surface area (Å²) >= 11 is 0. The Hall–Kier alpha value is -8.29. The van der Waals surface area contributed by atoms with Gasteiger partial charge in [-0.3, -0.25) is 4.98 Å². The van der Waals surface area contributed by atoms with E-state index in [9.17, 15) is 0 Å². The highest BCUT2D eigenvalue weighted by atomic mass is 15.0. The van der Waals surface area contributed by atoms with E-state index in [1.807, 2.05) is 134 Å². The highest BCUT2D eigenvalue weighted by Gasteiger charge is 2.22. The lowest BCUT2D eigenvalue weighted by molar-refractivity contribution is 1.07. The van der Waals surface area contributed by atoms with Crippen molar-refractivity contribution >= 4 is 0 Å². The average molecular weight is 798 g/mol. The second-order valence-corrected chi connectivity index (χ2v) is 15.0. The summed E-state index contributed by atoms with van der Waals surface area (Å²) in [7, 11) is 0. The highest BCUT2D eigenvalue weighted by Crippen LogP contribution is 2.44. The van der Waals surface area contributed by atoms with Crippen molar-refractivity contribution in [3.63, 3.8) is 0 Å². The molecule has 10 rings (SSSR count). The quantitative estimate of drug-likeness (QED) is 0.144. The molecule has 7 heteroatoms. The molecule has 294 valence electrons. The Balaban J connectivity index is 1.17. The van der Waals surface area contributed by atoms with Crippen molar-refractivity contribution in [1.29, 1.82) is 0 Å². The maximum atomic E-state index is 5.15. The van der Waals surface area contributed by atoms with Gasteiger partial charge in [0.05, 0.1) is 0 Å². The fourth-order valence-electron chi connectivity index (χ4n) is 7.86. The van der Waals surface area contributed by atoms with Gasteiger partial charge in [0.15, 0.2) is 34.9 Å². The van der Waals surface area contributed by atoms with Gasteiger partial charge >= 0.3 is 0 Å². The first-order valence-corrected chi connectivity index (χ1v) is 20.6. The molecule has 10 aromatic rings. The van der Waals surface area contributed by atoms with Crippen LogP contribution in [0.5, 0.6) is 0 Å². The van der Waals surface area contributed by atoms with Crippen LogP contribution in [0.3, 0.4) is 0 Å². The molecule has 7 aromatic carbocycles. The largest absolute Gasteiger partial charge is 0.258 e. The molecular formula is C55H39N7. The van der Waals surface area contributed by atoms with E-state index < -0.39 is 0 Å². The zero-order valence-electron chi connectivity index (χ0n) is 34.2. The van der Waals surface area contributed by atoms with Gasteiger partial charge in [-0.05, 0) is 53.8 Å². The minimum atomic E-state index is 0.587. The van der Waals surface area contributed by atoms with Crippen LogP contribution in [-0.2, 0) is 0 Å². The second-order valence-electron chi connectivity index (χ2n) is 15.0. The molecule has 0 N–H and O–H groups in total. The Morgan fingerprint density at radius 2 is 0.613 bits per heavy atom. The number of pyridine rings is 1. The minimum absolute atomic E-state index is 0.587. The van der Waals surface area contributed by atoms with Crippen molar-refractivity contribution in [2.24, 2.45) is 0 Å². The molecule has 0 aliphatic carbocycles. The van der Waals surface area contributed by atoms with E-state index in [1.54, 1.807) is 0 Å². The van der Waals surface area contributed by atoms with Gasteiger partial charge in [0.2, 0.25) is 0 Å². The van der Waals surface area contributed by atoms with Crippen LogP contribution in [0.1, 0.15) is 11.4 Å². The third-order valence-corrected chi connectivity index (χ3v) is 10.8. The van der Waals surface area contributed by atoms with Crippen molar-refractivity contribution in [2.45, 2.75) is 13.8 Å². The van der Waals surface area contributed by atoms with Gasteiger partial charge in [-0.1, -0.05) is 188 Å². The smallest absolute Gasteiger partial charge is 0.164 e. The van der Waals surface area contributed by atoms with Crippen LogP contribution in [0.15, 0.2) is 200 Å². The van der Waals surface area contributed by atoms with Crippen molar-refractivity contribution < 1.29 is 0 Å². The molecule has 62 heavy (non-hydrogen) atoms. The Labute approximate surface area is 360 Å². The summed E-state index contributed by atoms with van der Waals surface area (Å²) in [5, 5.41) is 0. The Bertz CT molecular complexity index is 3080. The fourth-order valence-corrected chi connectivity index (χ4v) is 7.86. The molecule has 0 atom stereocenters. The predicted octanol–water partition coefficient (Wildman–Crippen LogP) is 13.1. The monoisotopic (exact) mass is 797 g/mol. The van der Waals surface area contributed by atoms with Gasteiger partial charge in [-0.2, -0.15) is 0 Å². The molecule has 0 saturated carbocycles. The van der Waals surface area contributed by atoms with Gasteiger partial charge < -0.3 is 0 Å².